The van der Waals surface area contributed by atoms with Crippen LogP contribution >= 0.6 is 0 Å². The largest absolute Gasteiger partial charge is 0.489 e. The number of para-hydroxylation sites is 1. The van der Waals surface area contributed by atoms with Crippen molar-refractivity contribution in [3.05, 3.63) is 77.9 Å². The van der Waals surface area contributed by atoms with Crippen molar-refractivity contribution in [1.82, 2.24) is 15.5 Å². The van der Waals surface area contributed by atoms with Crippen LogP contribution in [0, 0.1) is 0 Å². The highest BCUT2D eigenvalue weighted by molar-refractivity contribution is 5.79. The summed E-state index contributed by atoms with van der Waals surface area (Å²) >= 11 is 0. The molecule has 2 N–H and O–H groups in total. The maximum atomic E-state index is 5.75. The Morgan fingerprint density at radius 1 is 1.06 bits per heavy atom. The summed E-state index contributed by atoms with van der Waals surface area (Å²) in [5, 5.41) is 6.83. The van der Waals surface area contributed by atoms with Gasteiger partial charge in [-0.2, -0.15) is 0 Å². The second kappa shape index (κ2) is 12.8. The minimum Gasteiger partial charge on any atom is -0.489 e. The number of hydrogen-bond donors (Lipinski definition) is 2. The van der Waals surface area contributed by atoms with Crippen LogP contribution in [0.5, 0.6) is 5.75 Å². The summed E-state index contributed by atoms with van der Waals surface area (Å²) in [5.74, 6) is 1.64. The lowest BCUT2D eigenvalue weighted by atomic mass is 10.1. The first kappa shape index (κ1) is 22.8. The number of ether oxygens (including phenoxy) is 2. The molecule has 1 aliphatic heterocycles. The van der Waals surface area contributed by atoms with E-state index >= 15 is 0 Å². The van der Waals surface area contributed by atoms with E-state index in [1.807, 2.05) is 24.3 Å². The second-order valence-electron chi connectivity index (χ2n) is 7.41. The van der Waals surface area contributed by atoms with Crippen molar-refractivity contribution < 1.29 is 9.47 Å². The van der Waals surface area contributed by atoms with E-state index in [0.29, 0.717) is 13.2 Å². The van der Waals surface area contributed by atoms with Gasteiger partial charge in [0, 0.05) is 38.3 Å². The molecule has 0 unspecified atom stereocenters. The molecule has 3 rings (SSSR count). The highest BCUT2D eigenvalue weighted by atomic mass is 16.5. The number of nitrogens with one attached hydrogen (secondary N) is 2. The topological polar surface area (TPSA) is 58.1 Å². The number of guanidine groups is 1. The molecule has 1 fully saturated rings. The van der Waals surface area contributed by atoms with Gasteiger partial charge in [-0.3, -0.25) is 4.90 Å². The molecule has 166 valence electrons. The van der Waals surface area contributed by atoms with Gasteiger partial charge in [-0.15, -0.1) is 0 Å². The van der Waals surface area contributed by atoms with E-state index in [0.717, 1.165) is 63.2 Å². The Bertz CT molecular complexity index is 847. The van der Waals surface area contributed by atoms with Gasteiger partial charge in [0.15, 0.2) is 5.96 Å². The lowest BCUT2D eigenvalue weighted by Crippen LogP contribution is -2.38. The van der Waals surface area contributed by atoms with E-state index in [1.165, 1.54) is 11.1 Å². The van der Waals surface area contributed by atoms with Crippen LogP contribution in [0.1, 0.15) is 23.6 Å². The zero-order valence-electron chi connectivity index (χ0n) is 18.5. The summed E-state index contributed by atoms with van der Waals surface area (Å²) < 4.78 is 11.2. The number of morpholine rings is 1. The molecule has 0 saturated carbocycles. The van der Waals surface area contributed by atoms with Crippen LogP contribution in [0.25, 0.3) is 0 Å². The summed E-state index contributed by atoms with van der Waals surface area (Å²) in [6, 6.07) is 16.6. The molecule has 0 radical (unpaired) electrons. The predicted molar refractivity (Wildman–Crippen MR) is 126 cm³/mol. The van der Waals surface area contributed by atoms with Crippen LogP contribution in [0.15, 0.2) is 66.2 Å². The fourth-order valence-electron chi connectivity index (χ4n) is 3.49. The average molecular weight is 423 g/mol. The fourth-order valence-corrected chi connectivity index (χ4v) is 3.49. The van der Waals surface area contributed by atoms with Gasteiger partial charge < -0.3 is 20.1 Å². The Morgan fingerprint density at radius 3 is 2.52 bits per heavy atom. The van der Waals surface area contributed by atoms with Crippen molar-refractivity contribution in [3.63, 3.8) is 0 Å². The molecule has 2 aromatic rings. The lowest BCUT2D eigenvalue weighted by Gasteiger charge is -2.27. The monoisotopic (exact) mass is 422 g/mol. The number of rotatable bonds is 10. The summed E-state index contributed by atoms with van der Waals surface area (Å²) in [7, 11) is 0. The molecule has 1 heterocycles. The van der Waals surface area contributed by atoms with Crippen molar-refractivity contribution in [2.24, 2.45) is 4.99 Å². The lowest BCUT2D eigenvalue weighted by molar-refractivity contribution is 0.0341. The molecular weight excluding hydrogens is 388 g/mol. The van der Waals surface area contributed by atoms with Crippen LogP contribution in [-0.4, -0.2) is 50.3 Å². The number of benzene rings is 2. The van der Waals surface area contributed by atoms with E-state index in [4.69, 9.17) is 14.5 Å². The maximum Gasteiger partial charge on any atom is 0.191 e. The maximum absolute atomic E-state index is 5.75. The van der Waals surface area contributed by atoms with Gasteiger partial charge in [0.1, 0.15) is 12.4 Å². The van der Waals surface area contributed by atoms with E-state index in [9.17, 15) is 0 Å². The van der Waals surface area contributed by atoms with E-state index in [-0.39, 0.29) is 0 Å². The number of nitrogens with zero attached hydrogens (tertiary/aromatic N) is 2. The van der Waals surface area contributed by atoms with E-state index in [2.05, 4.69) is 53.3 Å². The highest BCUT2D eigenvalue weighted by Crippen LogP contribution is 2.19. The zero-order valence-corrected chi connectivity index (χ0v) is 18.5. The van der Waals surface area contributed by atoms with Crippen LogP contribution < -0.4 is 15.4 Å². The van der Waals surface area contributed by atoms with Gasteiger partial charge in [0.05, 0.1) is 19.8 Å². The van der Waals surface area contributed by atoms with Crippen LogP contribution in [0.3, 0.4) is 0 Å². The Morgan fingerprint density at radius 2 is 1.77 bits per heavy atom. The minimum atomic E-state index is 0.485. The Balaban J connectivity index is 1.64. The Kier molecular flexibility index (Phi) is 9.41. The first-order chi connectivity index (χ1) is 15.3. The third-order valence-electron chi connectivity index (χ3n) is 5.14. The quantitative estimate of drug-likeness (QED) is 0.349. The first-order valence-electron chi connectivity index (χ1n) is 11.0. The molecule has 0 aliphatic carbocycles. The van der Waals surface area contributed by atoms with Gasteiger partial charge in [-0.05, 0) is 24.1 Å². The normalized spacial score (nSPS) is 14.8. The highest BCUT2D eigenvalue weighted by Gasteiger charge is 2.13. The molecule has 0 atom stereocenters. The minimum absolute atomic E-state index is 0.485. The number of hydrogen-bond acceptors (Lipinski definition) is 4. The third-order valence-corrected chi connectivity index (χ3v) is 5.14. The van der Waals surface area contributed by atoms with Crippen molar-refractivity contribution >= 4 is 5.96 Å². The summed E-state index contributed by atoms with van der Waals surface area (Å²) in [5.41, 5.74) is 3.68. The van der Waals surface area contributed by atoms with E-state index < -0.39 is 0 Å². The summed E-state index contributed by atoms with van der Waals surface area (Å²) in [6.07, 6.45) is 1.75. The molecule has 0 spiro atoms. The Hall–Kier alpha value is -2.83. The smallest absolute Gasteiger partial charge is 0.191 e. The second-order valence-corrected chi connectivity index (χ2v) is 7.41. The molecular formula is C25H34N4O2. The van der Waals surface area contributed by atoms with Crippen molar-refractivity contribution in [2.45, 2.75) is 26.6 Å². The molecule has 0 bridgehead atoms. The van der Waals surface area contributed by atoms with Crippen molar-refractivity contribution in [3.8, 4) is 5.75 Å². The van der Waals surface area contributed by atoms with Gasteiger partial charge >= 0.3 is 0 Å². The Labute approximate surface area is 186 Å². The van der Waals surface area contributed by atoms with Gasteiger partial charge in [-0.1, -0.05) is 55.1 Å². The molecule has 31 heavy (non-hydrogen) atoms. The molecule has 6 nitrogen and oxygen atoms in total. The van der Waals surface area contributed by atoms with Crippen molar-refractivity contribution in [2.75, 3.05) is 39.5 Å². The van der Waals surface area contributed by atoms with Gasteiger partial charge in [-0.25, -0.2) is 4.99 Å². The molecule has 0 amide bonds. The first-order valence-corrected chi connectivity index (χ1v) is 11.0. The number of aliphatic imine (C=N–C) groups is 1. The van der Waals surface area contributed by atoms with Crippen LogP contribution in [0.2, 0.25) is 0 Å². The molecule has 6 heteroatoms. The van der Waals surface area contributed by atoms with Crippen molar-refractivity contribution in [1.29, 1.82) is 0 Å². The summed E-state index contributed by atoms with van der Waals surface area (Å²) in [6.45, 7) is 12.9. The van der Waals surface area contributed by atoms with Crippen LogP contribution in [-0.2, 0) is 24.4 Å². The summed E-state index contributed by atoms with van der Waals surface area (Å²) in [4.78, 5) is 7.22. The van der Waals surface area contributed by atoms with Crippen LogP contribution in [0.4, 0.5) is 0 Å². The predicted octanol–water partition coefficient (Wildman–Crippen LogP) is 3.34. The molecule has 2 aromatic carbocycles. The van der Waals surface area contributed by atoms with Gasteiger partial charge in [0.25, 0.3) is 0 Å². The zero-order chi connectivity index (χ0) is 21.7. The van der Waals surface area contributed by atoms with E-state index in [1.54, 1.807) is 6.08 Å². The third kappa shape index (κ3) is 7.42. The standard InChI is InChI=1S/C25H34N4O2/c1-3-15-31-24-12-8-7-10-22(24)19-28-25(26-4-2)27-18-21-9-5-6-11-23(21)20-29-13-16-30-17-14-29/h3,5-12H,1,4,13-20H2,2H3,(H2,26,27,28). The molecule has 1 saturated heterocycles. The SMILES string of the molecule is C=CCOc1ccccc1CN=C(NCC)NCc1ccccc1CN1CCOCC1. The average Bonchev–Trinajstić information content (AvgIpc) is 2.81. The van der Waals surface area contributed by atoms with Gasteiger partial charge in [0.2, 0.25) is 0 Å². The fraction of sp³-hybridized carbons (Fsp3) is 0.400. The molecule has 0 aromatic heterocycles. The molecule has 1 aliphatic rings.